The molecule has 0 amide bonds. The molecule has 0 radical (unpaired) electrons. The minimum Gasteiger partial charge on any atom is -0.497 e. The number of pyridine rings is 1. The number of aldehydes is 1. The van der Waals surface area contributed by atoms with E-state index in [0.29, 0.717) is 17.9 Å². The summed E-state index contributed by atoms with van der Waals surface area (Å²) in [6.45, 7) is 0.631. The zero-order valence-corrected chi connectivity index (χ0v) is 10.1. The molecule has 1 N–H and O–H groups in total. The molecule has 0 aliphatic rings. The van der Waals surface area contributed by atoms with Gasteiger partial charge in [-0.3, -0.25) is 4.79 Å². The SMILES string of the molecule is COc1cccc(CNc2cc(C=O)ccn2)c1. The summed E-state index contributed by atoms with van der Waals surface area (Å²) in [6.07, 6.45) is 2.41. The molecule has 4 heteroatoms. The Labute approximate surface area is 106 Å². The van der Waals surface area contributed by atoms with E-state index in [1.807, 2.05) is 24.3 Å². The predicted octanol–water partition coefficient (Wildman–Crippen LogP) is 2.51. The van der Waals surface area contributed by atoms with Crippen molar-refractivity contribution >= 4 is 12.1 Å². The first-order valence-corrected chi connectivity index (χ1v) is 5.60. The number of nitrogens with zero attached hydrogens (tertiary/aromatic N) is 1. The molecular weight excluding hydrogens is 228 g/mol. The van der Waals surface area contributed by atoms with Gasteiger partial charge in [0, 0.05) is 18.3 Å². The standard InChI is InChI=1S/C14H14N2O2/c1-18-13-4-2-3-11(7-13)9-16-14-8-12(10-17)5-6-15-14/h2-8,10H,9H2,1H3,(H,15,16). The summed E-state index contributed by atoms with van der Waals surface area (Å²) < 4.78 is 5.15. The zero-order valence-electron chi connectivity index (χ0n) is 10.1. The highest BCUT2D eigenvalue weighted by Gasteiger charge is 1.98. The maximum Gasteiger partial charge on any atom is 0.150 e. The summed E-state index contributed by atoms with van der Waals surface area (Å²) in [5.74, 6) is 1.51. The smallest absolute Gasteiger partial charge is 0.150 e. The molecule has 92 valence electrons. The number of methoxy groups -OCH3 is 1. The molecule has 1 heterocycles. The first-order chi connectivity index (χ1) is 8.81. The number of carbonyl (C=O) groups excluding carboxylic acids is 1. The molecule has 0 saturated heterocycles. The van der Waals surface area contributed by atoms with E-state index < -0.39 is 0 Å². The van der Waals surface area contributed by atoms with Crippen LogP contribution in [0.1, 0.15) is 15.9 Å². The Morgan fingerprint density at radius 1 is 1.33 bits per heavy atom. The highest BCUT2D eigenvalue weighted by molar-refractivity contribution is 5.75. The number of ether oxygens (including phenoxy) is 1. The average molecular weight is 242 g/mol. The van der Waals surface area contributed by atoms with Gasteiger partial charge in [-0.05, 0) is 29.8 Å². The van der Waals surface area contributed by atoms with Crippen molar-refractivity contribution < 1.29 is 9.53 Å². The molecule has 18 heavy (non-hydrogen) atoms. The van der Waals surface area contributed by atoms with Gasteiger partial charge >= 0.3 is 0 Å². The lowest BCUT2D eigenvalue weighted by Gasteiger charge is -2.07. The van der Waals surface area contributed by atoms with Crippen LogP contribution < -0.4 is 10.1 Å². The number of hydrogen-bond acceptors (Lipinski definition) is 4. The lowest BCUT2D eigenvalue weighted by Crippen LogP contribution is -2.01. The molecule has 0 bridgehead atoms. The Morgan fingerprint density at radius 3 is 3.00 bits per heavy atom. The van der Waals surface area contributed by atoms with Crippen LogP contribution in [0.3, 0.4) is 0 Å². The van der Waals surface area contributed by atoms with Gasteiger partial charge in [0.1, 0.15) is 17.9 Å². The minimum atomic E-state index is 0.609. The lowest BCUT2D eigenvalue weighted by molar-refractivity contribution is 0.112. The van der Waals surface area contributed by atoms with Gasteiger partial charge in [-0.2, -0.15) is 0 Å². The van der Waals surface area contributed by atoms with E-state index in [9.17, 15) is 4.79 Å². The first kappa shape index (κ1) is 12.1. The van der Waals surface area contributed by atoms with Crippen molar-refractivity contribution in [1.82, 2.24) is 4.98 Å². The van der Waals surface area contributed by atoms with Crippen molar-refractivity contribution in [3.8, 4) is 5.75 Å². The van der Waals surface area contributed by atoms with Crippen LogP contribution >= 0.6 is 0 Å². The molecule has 0 aliphatic heterocycles. The van der Waals surface area contributed by atoms with Crippen molar-refractivity contribution in [1.29, 1.82) is 0 Å². The molecule has 0 aliphatic carbocycles. The summed E-state index contributed by atoms with van der Waals surface area (Å²) in [7, 11) is 1.64. The molecule has 0 spiro atoms. The molecule has 1 aromatic heterocycles. The third kappa shape index (κ3) is 3.07. The monoisotopic (exact) mass is 242 g/mol. The van der Waals surface area contributed by atoms with E-state index in [2.05, 4.69) is 10.3 Å². The van der Waals surface area contributed by atoms with E-state index >= 15 is 0 Å². The van der Waals surface area contributed by atoms with Crippen LogP contribution in [-0.2, 0) is 6.54 Å². The van der Waals surface area contributed by atoms with E-state index in [1.54, 1.807) is 25.4 Å². The van der Waals surface area contributed by atoms with Crippen LogP contribution in [0.4, 0.5) is 5.82 Å². The highest BCUT2D eigenvalue weighted by Crippen LogP contribution is 2.14. The second-order valence-electron chi connectivity index (χ2n) is 3.80. The van der Waals surface area contributed by atoms with Gasteiger partial charge in [0.15, 0.2) is 0 Å². The molecule has 4 nitrogen and oxygen atoms in total. The van der Waals surface area contributed by atoms with Crippen LogP contribution in [0.5, 0.6) is 5.75 Å². The normalized spacial score (nSPS) is 9.83. The second-order valence-corrected chi connectivity index (χ2v) is 3.80. The number of carbonyl (C=O) groups is 1. The van der Waals surface area contributed by atoms with Crippen molar-refractivity contribution in [2.75, 3.05) is 12.4 Å². The second kappa shape index (κ2) is 5.82. The average Bonchev–Trinajstić information content (AvgIpc) is 2.45. The summed E-state index contributed by atoms with van der Waals surface area (Å²) in [5.41, 5.74) is 1.70. The summed E-state index contributed by atoms with van der Waals surface area (Å²) in [4.78, 5) is 14.8. The molecule has 0 unspecified atom stereocenters. The van der Waals surface area contributed by atoms with Gasteiger partial charge < -0.3 is 10.1 Å². The quantitative estimate of drug-likeness (QED) is 0.818. The molecule has 0 fully saturated rings. The predicted molar refractivity (Wildman–Crippen MR) is 69.9 cm³/mol. The fourth-order valence-corrected chi connectivity index (χ4v) is 1.59. The van der Waals surface area contributed by atoms with Crippen LogP contribution in [0, 0.1) is 0 Å². The van der Waals surface area contributed by atoms with Crippen molar-refractivity contribution in [2.24, 2.45) is 0 Å². The summed E-state index contributed by atoms with van der Waals surface area (Å²) in [5, 5.41) is 3.16. The van der Waals surface area contributed by atoms with Crippen LogP contribution in [0.15, 0.2) is 42.6 Å². The Balaban J connectivity index is 2.03. The molecule has 2 aromatic rings. The zero-order chi connectivity index (χ0) is 12.8. The van der Waals surface area contributed by atoms with Crippen molar-refractivity contribution in [2.45, 2.75) is 6.54 Å². The number of anilines is 1. The number of benzene rings is 1. The summed E-state index contributed by atoms with van der Waals surface area (Å²) >= 11 is 0. The van der Waals surface area contributed by atoms with E-state index in [0.717, 1.165) is 17.6 Å². The van der Waals surface area contributed by atoms with Gasteiger partial charge in [0.2, 0.25) is 0 Å². The van der Waals surface area contributed by atoms with Crippen LogP contribution in [0.2, 0.25) is 0 Å². The number of aromatic nitrogens is 1. The largest absolute Gasteiger partial charge is 0.497 e. The van der Waals surface area contributed by atoms with Gasteiger partial charge in [-0.15, -0.1) is 0 Å². The van der Waals surface area contributed by atoms with E-state index in [4.69, 9.17) is 4.74 Å². The Hall–Kier alpha value is -2.36. The van der Waals surface area contributed by atoms with Gasteiger partial charge in [-0.25, -0.2) is 4.98 Å². The first-order valence-electron chi connectivity index (χ1n) is 5.60. The Kier molecular flexibility index (Phi) is 3.91. The third-order valence-corrected chi connectivity index (χ3v) is 2.53. The van der Waals surface area contributed by atoms with Crippen LogP contribution in [-0.4, -0.2) is 18.4 Å². The van der Waals surface area contributed by atoms with Gasteiger partial charge in [-0.1, -0.05) is 12.1 Å². The highest BCUT2D eigenvalue weighted by atomic mass is 16.5. The molecule has 2 rings (SSSR count). The lowest BCUT2D eigenvalue weighted by atomic mass is 10.2. The molecule has 1 aromatic carbocycles. The molecular formula is C14H14N2O2. The minimum absolute atomic E-state index is 0.609. The maximum atomic E-state index is 10.6. The van der Waals surface area contributed by atoms with Crippen molar-refractivity contribution in [3.05, 3.63) is 53.7 Å². The molecule has 0 saturated carbocycles. The van der Waals surface area contributed by atoms with E-state index in [-0.39, 0.29) is 0 Å². The molecule has 0 atom stereocenters. The van der Waals surface area contributed by atoms with Crippen LogP contribution in [0.25, 0.3) is 0 Å². The van der Waals surface area contributed by atoms with Crippen molar-refractivity contribution in [3.63, 3.8) is 0 Å². The van der Waals surface area contributed by atoms with E-state index in [1.165, 1.54) is 0 Å². The maximum absolute atomic E-state index is 10.6. The fourth-order valence-electron chi connectivity index (χ4n) is 1.59. The van der Waals surface area contributed by atoms with Gasteiger partial charge in [0.25, 0.3) is 0 Å². The third-order valence-electron chi connectivity index (χ3n) is 2.53. The number of rotatable bonds is 5. The fraction of sp³-hybridized carbons (Fsp3) is 0.143. The van der Waals surface area contributed by atoms with Gasteiger partial charge in [0.05, 0.1) is 7.11 Å². The number of hydrogen-bond donors (Lipinski definition) is 1. The number of nitrogens with one attached hydrogen (secondary N) is 1. The summed E-state index contributed by atoms with van der Waals surface area (Å²) in [6, 6.07) is 11.2. The Bertz CT molecular complexity index is 541. The Morgan fingerprint density at radius 2 is 2.22 bits per heavy atom. The topological polar surface area (TPSA) is 51.2 Å².